The zero-order valence-corrected chi connectivity index (χ0v) is 12.6. The van der Waals surface area contributed by atoms with Crippen LogP contribution in [0.5, 0.6) is 0 Å². The van der Waals surface area contributed by atoms with Crippen LogP contribution in [0, 0.1) is 17.7 Å². The van der Waals surface area contributed by atoms with Gasteiger partial charge in [-0.3, -0.25) is 4.79 Å². The molecule has 0 aliphatic rings. The van der Waals surface area contributed by atoms with Gasteiger partial charge in [-0.1, -0.05) is 25.4 Å². The van der Waals surface area contributed by atoms with Crippen LogP contribution in [0.3, 0.4) is 0 Å². The molecule has 1 unspecified atom stereocenters. The van der Waals surface area contributed by atoms with Crippen molar-refractivity contribution >= 4 is 17.5 Å². The van der Waals surface area contributed by atoms with E-state index in [1.165, 1.54) is 12.1 Å². The van der Waals surface area contributed by atoms with E-state index in [1.54, 1.807) is 0 Å². The minimum absolute atomic E-state index is 0.0123. The number of rotatable bonds is 7. The van der Waals surface area contributed by atoms with Crippen molar-refractivity contribution in [1.82, 2.24) is 5.32 Å². The summed E-state index contributed by atoms with van der Waals surface area (Å²) < 4.78 is 13.6. The average molecular weight is 302 g/mol. The fourth-order valence-electron chi connectivity index (χ4n) is 2.16. The van der Waals surface area contributed by atoms with Crippen molar-refractivity contribution < 1.29 is 14.3 Å². The predicted octanol–water partition coefficient (Wildman–Crippen LogP) is 3.25. The van der Waals surface area contributed by atoms with Gasteiger partial charge in [0.2, 0.25) is 0 Å². The lowest BCUT2D eigenvalue weighted by Crippen LogP contribution is -2.31. The van der Waals surface area contributed by atoms with Crippen LogP contribution in [-0.4, -0.2) is 24.2 Å². The lowest BCUT2D eigenvalue weighted by atomic mass is 9.94. The quantitative estimate of drug-likeness (QED) is 0.812. The molecule has 0 aliphatic carbocycles. The van der Waals surface area contributed by atoms with Crippen LogP contribution >= 0.6 is 11.6 Å². The summed E-state index contributed by atoms with van der Waals surface area (Å²) in [5, 5.41) is 12.0. The second kappa shape index (κ2) is 8.22. The molecule has 2 N–H and O–H groups in total. The molecule has 0 aliphatic heterocycles. The van der Waals surface area contributed by atoms with Gasteiger partial charge in [0.15, 0.2) is 0 Å². The Kier molecular flexibility index (Phi) is 6.96. The summed E-state index contributed by atoms with van der Waals surface area (Å²) in [7, 11) is 0. The maximum absolute atomic E-state index is 13.6. The number of amides is 1. The summed E-state index contributed by atoms with van der Waals surface area (Å²) in [6, 6.07) is 3.98. The lowest BCUT2D eigenvalue weighted by Gasteiger charge is -2.18. The molecular weight excluding hydrogens is 281 g/mol. The summed E-state index contributed by atoms with van der Waals surface area (Å²) in [6.07, 6.45) is 1.53. The van der Waals surface area contributed by atoms with Gasteiger partial charge >= 0.3 is 0 Å². The molecule has 5 heteroatoms. The fourth-order valence-corrected chi connectivity index (χ4v) is 2.32. The van der Waals surface area contributed by atoms with Crippen LogP contribution in [0.25, 0.3) is 0 Å². The minimum Gasteiger partial charge on any atom is -0.396 e. The van der Waals surface area contributed by atoms with E-state index in [2.05, 4.69) is 19.2 Å². The number of carbonyl (C=O) groups is 1. The van der Waals surface area contributed by atoms with Gasteiger partial charge in [0, 0.05) is 18.2 Å². The van der Waals surface area contributed by atoms with Gasteiger partial charge in [-0.05, 0) is 42.9 Å². The Morgan fingerprint density at radius 3 is 2.70 bits per heavy atom. The summed E-state index contributed by atoms with van der Waals surface area (Å²) >= 11 is 5.65. The maximum Gasteiger partial charge on any atom is 0.254 e. The van der Waals surface area contributed by atoms with Crippen LogP contribution in [0.15, 0.2) is 18.2 Å². The summed E-state index contributed by atoms with van der Waals surface area (Å²) in [6.45, 7) is 4.69. The van der Waals surface area contributed by atoms with Crippen LogP contribution in [0.1, 0.15) is 37.0 Å². The number of aliphatic hydroxyl groups is 1. The number of nitrogens with one attached hydrogen (secondary N) is 1. The highest BCUT2D eigenvalue weighted by Crippen LogP contribution is 2.16. The number of benzene rings is 1. The largest absolute Gasteiger partial charge is 0.396 e. The molecule has 0 bridgehead atoms. The monoisotopic (exact) mass is 301 g/mol. The van der Waals surface area contributed by atoms with E-state index in [-0.39, 0.29) is 23.1 Å². The lowest BCUT2D eigenvalue weighted by molar-refractivity contribution is 0.0937. The number of halogens is 2. The van der Waals surface area contributed by atoms with E-state index in [0.29, 0.717) is 18.9 Å². The molecule has 0 fully saturated rings. The van der Waals surface area contributed by atoms with Gasteiger partial charge in [-0.25, -0.2) is 4.39 Å². The molecular formula is C15H21ClFNO2. The average Bonchev–Trinajstić information content (AvgIpc) is 2.35. The van der Waals surface area contributed by atoms with Crippen molar-refractivity contribution in [2.45, 2.75) is 26.7 Å². The molecule has 1 aromatic rings. The third-order valence-corrected chi connectivity index (χ3v) is 3.30. The van der Waals surface area contributed by atoms with E-state index in [9.17, 15) is 9.18 Å². The first-order valence-corrected chi connectivity index (χ1v) is 7.16. The normalized spacial score (nSPS) is 12.5. The number of hydrogen-bond acceptors (Lipinski definition) is 2. The SMILES string of the molecule is CC(C)CC(CCO)CNC(=O)c1ccc(Cl)cc1F. The van der Waals surface area contributed by atoms with Crippen LogP contribution in [0.4, 0.5) is 4.39 Å². The zero-order valence-electron chi connectivity index (χ0n) is 11.8. The predicted molar refractivity (Wildman–Crippen MR) is 78.4 cm³/mol. The summed E-state index contributed by atoms with van der Waals surface area (Å²) in [5.41, 5.74) is -0.0123. The van der Waals surface area contributed by atoms with E-state index >= 15 is 0 Å². The highest BCUT2D eigenvalue weighted by molar-refractivity contribution is 6.30. The van der Waals surface area contributed by atoms with Crippen LogP contribution in [0.2, 0.25) is 5.02 Å². The van der Waals surface area contributed by atoms with Crippen molar-refractivity contribution in [3.8, 4) is 0 Å². The Morgan fingerprint density at radius 2 is 2.15 bits per heavy atom. The first kappa shape index (κ1) is 16.9. The number of carbonyl (C=O) groups excluding carboxylic acids is 1. The highest BCUT2D eigenvalue weighted by Gasteiger charge is 2.15. The van der Waals surface area contributed by atoms with E-state index < -0.39 is 11.7 Å². The van der Waals surface area contributed by atoms with Crippen molar-refractivity contribution in [2.75, 3.05) is 13.2 Å². The fraction of sp³-hybridized carbons (Fsp3) is 0.533. The topological polar surface area (TPSA) is 49.3 Å². The van der Waals surface area contributed by atoms with Gasteiger partial charge < -0.3 is 10.4 Å². The molecule has 1 atom stereocenters. The summed E-state index contributed by atoms with van der Waals surface area (Å²) in [5.74, 6) is -0.404. The summed E-state index contributed by atoms with van der Waals surface area (Å²) in [4.78, 5) is 11.9. The third kappa shape index (κ3) is 5.47. The molecule has 1 amide bonds. The van der Waals surface area contributed by atoms with Crippen LogP contribution in [-0.2, 0) is 0 Å². The Morgan fingerprint density at radius 1 is 1.45 bits per heavy atom. The molecule has 112 valence electrons. The molecule has 0 spiro atoms. The molecule has 0 saturated heterocycles. The van der Waals surface area contributed by atoms with Gasteiger partial charge in [-0.15, -0.1) is 0 Å². The Bertz CT molecular complexity index is 451. The van der Waals surface area contributed by atoms with Gasteiger partial charge in [0.1, 0.15) is 5.82 Å². The Balaban J connectivity index is 2.60. The van der Waals surface area contributed by atoms with Gasteiger partial charge in [0.25, 0.3) is 5.91 Å². The third-order valence-electron chi connectivity index (χ3n) is 3.07. The number of hydrogen-bond donors (Lipinski definition) is 2. The Labute approximate surface area is 124 Å². The minimum atomic E-state index is -0.627. The van der Waals surface area contributed by atoms with Crippen LogP contribution < -0.4 is 5.32 Å². The van der Waals surface area contributed by atoms with Crippen molar-refractivity contribution in [3.63, 3.8) is 0 Å². The van der Waals surface area contributed by atoms with E-state index in [4.69, 9.17) is 16.7 Å². The molecule has 3 nitrogen and oxygen atoms in total. The molecule has 20 heavy (non-hydrogen) atoms. The van der Waals surface area contributed by atoms with Crippen molar-refractivity contribution in [3.05, 3.63) is 34.6 Å². The van der Waals surface area contributed by atoms with Gasteiger partial charge in [0.05, 0.1) is 5.56 Å². The molecule has 0 heterocycles. The second-order valence-electron chi connectivity index (χ2n) is 5.34. The first-order valence-electron chi connectivity index (χ1n) is 6.78. The first-order chi connectivity index (χ1) is 9.43. The molecule has 0 saturated carbocycles. The van der Waals surface area contributed by atoms with Crippen molar-refractivity contribution in [2.24, 2.45) is 11.8 Å². The van der Waals surface area contributed by atoms with Crippen molar-refractivity contribution in [1.29, 1.82) is 0 Å². The highest BCUT2D eigenvalue weighted by atomic mass is 35.5. The van der Waals surface area contributed by atoms with Gasteiger partial charge in [-0.2, -0.15) is 0 Å². The molecule has 0 aromatic heterocycles. The zero-order chi connectivity index (χ0) is 15.1. The number of aliphatic hydroxyl groups excluding tert-OH is 1. The molecule has 1 aromatic carbocycles. The second-order valence-corrected chi connectivity index (χ2v) is 5.78. The smallest absolute Gasteiger partial charge is 0.254 e. The van der Waals surface area contributed by atoms with E-state index in [1.807, 2.05) is 0 Å². The Hall–Kier alpha value is -1.13. The molecule has 1 rings (SSSR count). The standard InChI is InChI=1S/C15H21ClFNO2/c1-10(2)7-11(5-6-19)9-18-15(20)13-4-3-12(16)8-14(13)17/h3-4,8,10-11,19H,5-7,9H2,1-2H3,(H,18,20). The maximum atomic E-state index is 13.6. The van der Waals surface area contributed by atoms with E-state index in [0.717, 1.165) is 12.5 Å². The molecule has 0 radical (unpaired) electrons.